The molecule has 1 fully saturated rings. The highest BCUT2D eigenvalue weighted by Crippen LogP contribution is 2.23. The highest BCUT2D eigenvalue weighted by atomic mass is 16.5. The molecule has 0 spiro atoms. The van der Waals surface area contributed by atoms with Crippen molar-refractivity contribution in [3.8, 4) is 0 Å². The Morgan fingerprint density at radius 1 is 1.37 bits per heavy atom. The van der Waals surface area contributed by atoms with E-state index < -0.39 is 6.04 Å². The molecule has 0 bridgehead atoms. The average molecular weight is 262 g/mol. The monoisotopic (exact) mass is 262 g/mol. The minimum atomic E-state index is -0.475. The number of hydrogen-bond donors (Lipinski definition) is 1. The Balaban J connectivity index is 2.29. The van der Waals surface area contributed by atoms with Crippen molar-refractivity contribution in [3.63, 3.8) is 0 Å². The first-order valence-electron chi connectivity index (χ1n) is 6.31. The van der Waals surface area contributed by atoms with Gasteiger partial charge < -0.3 is 15.0 Å². The summed E-state index contributed by atoms with van der Waals surface area (Å²) in [6.07, 6.45) is 0.715. The molecule has 0 radical (unpaired) electrons. The molecule has 5 nitrogen and oxygen atoms in total. The van der Waals surface area contributed by atoms with Crippen LogP contribution in [0.15, 0.2) is 24.3 Å². The van der Waals surface area contributed by atoms with E-state index in [0.717, 1.165) is 11.3 Å². The van der Waals surface area contributed by atoms with Gasteiger partial charge in [-0.2, -0.15) is 0 Å². The zero-order chi connectivity index (χ0) is 13.8. The fraction of sp³-hybridized carbons (Fsp3) is 0.429. The first-order chi connectivity index (χ1) is 9.13. The molecular weight excluding hydrogens is 244 g/mol. The van der Waals surface area contributed by atoms with Crippen LogP contribution in [0.3, 0.4) is 0 Å². The molecule has 1 saturated heterocycles. The molecule has 19 heavy (non-hydrogen) atoms. The van der Waals surface area contributed by atoms with Gasteiger partial charge in [0.2, 0.25) is 11.8 Å². The summed E-state index contributed by atoms with van der Waals surface area (Å²) in [5.41, 5.74) is 1.81. The molecule has 1 heterocycles. The molecule has 1 N–H and O–H groups in total. The zero-order valence-corrected chi connectivity index (χ0v) is 11.2. The molecule has 102 valence electrons. The molecule has 1 aliphatic rings. The Kier molecular flexibility index (Phi) is 4.16. The molecule has 1 aliphatic heterocycles. The van der Waals surface area contributed by atoms with Crippen LogP contribution in [0.25, 0.3) is 0 Å². The Hall–Kier alpha value is -1.88. The van der Waals surface area contributed by atoms with Gasteiger partial charge in [0, 0.05) is 12.8 Å². The Morgan fingerprint density at radius 2 is 2.11 bits per heavy atom. The lowest BCUT2D eigenvalue weighted by molar-refractivity contribution is -0.130. The average Bonchev–Trinajstić information content (AvgIpc) is 2.41. The maximum absolute atomic E-state index is 12.2. The van der Waals surface area contributed by atoms with Crippen molar-refractivity contribution in [2.45, 2.75) is 19.4 Å². The number of amides is 2. The van der Waals surface area contributed by atoms with E-state index in [4.69, 9.17) is 4.74 Å². The third-order valence-electron chi connectivity index (χ3n) is 3.17. The van der Waals surface area contributed by atoms with Crippen molar-refractivity contribution in [2.24, 2.45) is 0 Å². The normalized spacial score (nSPS) is 19.5. The molecule has 1 atom stereocenters. The summed E-state index contributed by atoms with van der Waals surface area (Å²) in [6.45, 7) is 2.36. The van der Waals surface area contributed by atoms with E-state index >= 15 is 0 Å². The standard InChI is InChI=1S/C14H18N2O3/c1-10-14(18)16(9-13(17)15-10)12-6-4-3-5-11(12)7-8-19-2/h3-6,10H,7-9H2,1-2H3,(H,15,17). The second kappa shape index (κ2) is 5.84. The van der Waals surface area contributed by atoms with E-state index in [2.05, 4.69) is 5.32 Å². The summed E-state index contributed by atoms with van der Waals surface area (Å²) in [4.78, 5) is 25.3. The third kappa shape index (κ3) is 2.93. The van der Waals surface area contributed by atoms with Crippen LogP contribution in [0, 0.1) is 0 Å². The van der Waals surface area contributed by atoms with Crippen LogP contribution in [0.4, 0.5) is 5.69 Å². The summed E-state index contributed by atoms with van der Waals surface area (Å²) in [5, 5.41) is 2.64. The number of anilines is 1. The van der Waals surface area contributed by atoms with E-state index in [9.17, 15) is 9.59 Å². The predicted octanol–water partition coefficient (Wildman–Crippen LogP) is 0.727. The first-order valence-corrected chi connectivity index (χ1v) is 6.31. The summed E-state index contributed by atoms with van der Waals surface area (Å²) in [6, 6.07) is 7.15. The number of nitrogens with one attached hydrogen (secondary N) is 1. The van der Waals surface area contributed by atoms with Crippen LogP contribution < -0.4 is 10.2 Å². The van der Waals surface area contributed by atoms with E-state index in [-0.39, 0.29) is 18.4 Å². The fourth-order valence-electron chi connectivity index (χ4n) is 2.21. The second-order valence-electron chi connectivity index (χ2n) is 4.59. The number of carbonyl (C=O) groups excluding carboxylic acids is 2. The van der Waals surface area contributed by atoms with Crippen molar-refractivity contribution >= 4 is 17.5 Å². The van der Waals surface area contributed by atoms with Crippen LogP contribution in [0.2, 0.25) is 0 Å². The van der Waals surface area contributed by atoms with Crippen LogP contribution >= 0.6 is 0 Å². The third-order valence-corrected chi connectivity index (χ3v) is 3.17. The summed E-state index contributed by atoms with van der Waals surface area (Å²) in [5.74, 6) is -0.210. The van der Waals surface area contributed by atoms with Gasteiger partial charge in [0.05, 0.1) is 6.61 Å². The smallest absolute Gasteiger partial charge is 0.249 e. The van der Waals surface area contributed by atoms with Gasteiger partial charge in [0.1, 0.15) is 12.6 Å². The number of piperazine rings is 1. The lowest BCUT2D eigenvalue weighted by atomic mass is 10.1. The van der Waals surface area contributed by atoms with Gasteiger partial charge in [-0.15, -0.1) is 0 Å². The molecule has 1 aromatic carbocycles. The summed E-state index contributed by atoms with van der Waals surface area (Å²) >= 11 is 0. The van der Waals surface area contributed by atoms with Gasteiger partial charge in [0.25, 0.3) is 0 Å². The Bertz CT molecular complexity index is 487. The van der Waals surface area contributed by atoms with Crippen LogP contribution in [-0.2, 0) is 20.7 Å². The number of rotatable bonds is 4. The number of nitrogens with zero attached hydrogens (tertiary/aromatic N) is 1. The van der Waals surface area contributed by atoms with E-state index in [1.807, 2.05) is 24.3 Å². The van der Waals surface area contributed by atoms with Crippen LogP contribution in [0.1, 0.15) is 12.5 Å². The Morgan fingerprint density at radius 3 is 2.84 bits per heavy atom. The summed E-state index contributed by atoms with van der Waals surface area (Å²) < 4.78 is 5.07. The number of benzene rings is 1. The SMILES string of the molecule is COCCc1ccccc1N1CC(=O)NC(C)C1=O. The highest BCUT2D eigenvalue weighted by molar-refractivity contribution is 6.06. The number of para-hydroxylation sites is 1. The molecule has 2 rings (SSSR count). The van der Waals surface area contributed by atoms with E-state index in [0.29, 0.717) is 13.0 Å². The number of methoxy groups -OCH3 is 1. The van der Waals surface area contributed by atoms with Crippen molar-refractivity contribution in [1.82, 2.24) is 5.32 Å². The quantitative estimate of drug-likeness (QED) is 0.870. The molecule has 1 aromatic rings. The predicted molar refractivity (Wildman–Crippen MR) is 72.0 cm³/mol. The lowest BCUT2D eigenvalue weighted by Gasteiger charge is -2.32. The van der Waals surface area contributed by atoms with Gasteiger partial charge in [-0.05, 0) is 25.0 Å². The van der Waals surface area contributed by atoms with Crippen molar-refractivity contribution in [1.29, 1.82) is 0 Å². The van der Waals surface area contributed by atoms with Gasteiger partial charge >= 0.3 is 0 Å². The zero-order valence-electron chi connectivity index (χ0n) is 11.2. The van der Waals surface area contributed by atoms with Crippen molar-refractivity contribution < 1.29 is 14.3 Å². The van der Waals surface area contributed by atoms with Gasteiger partial charge in [0.15, 0.2) is 0 Å². The second-order valence-corrected chi connectivity index (χ2v) is 4.59. The molecule has 0 aliphatic carbocycles. The van der Waals surface area contributed by atoms with Gasteiger partial charge in [-0.25, -0.2) is 0 Å². The summed E-state index contributed by atoms with van der Waals surface area (Å²) in [7, 11) is 1.64. The lowest BCUT2D eigenvalue weighted by Crippen LogP contribution is -2.57. The van der Waals surface area contributed by atoms with Crippen LogP contribution in [-0.4, -0.2) is 38.1 Å². The highest BCUT2D eigenvalue weighted by Gasteiger charge is 2.31. The molecule has 0 saturated carbocycles. The molecule has 5 heteroatoms. The number of hydrogen-bond acceptors (Lipinski definition) is 3. The molecule has 2 amide bonds. The van der Waals surface area contributed by atoms with Gasteiger partial charge in [-0.1, -0.05) is 18.2 Å². The molecular formula is C14H18N2O3. The minimum absolute atomic E-state index is 0.0766. The topological polar surface area (TPSA) is 58.6 Å². The largest absolute Gasteiger partial charge is 0.384 e. The van der Waals surface area contributed by atoms with Crippen molar-refractivity contribution in [2.75, 3.05) is 25.2 Å². The minimum Gasteiger partial charge on any atom is -0.384 e. The first kappa shape index (κ1) is 13.5. The maximum Gasteiger partial charge on any atom is 0.249 e. The van der Waals surface area contributed by atoms with Gasteiger partial charge in [-0.3, -0.25) is 9.59 Å². The van der Waals surface area contributed by atoms with E-state index in [1.165, 1.54) is 0 Å². The van der Waals surface area contributed by atoms with E-state index in [1.54, 1.807) is 18.9 Å². The van der Waals surface area contributed by atoms with Crippen molar-refractivity contribution in [3.05, 3.63) is 29.8 Å². The Labute approximate surface area is 112 Å². The number of ether oxygens (including phenoxy) is 1. The van der Waals surface area contributed by atoms with Crippen LogP contribution in [0.5, 0.6) is 0 Å². The molecule has 1 unspecified atom stereocenters. The molecule has 0 aromatic heterocycles. The number of carbonyl (C=O) groups is 2. The fourth-order valence-corrected chi connectivity index (χ4v) is 2.21. The maximum atomic E-state index is 12.2.